The lowest BCUT2D eigenvalue weighted by Crippen LogP contribution is -2.37. The molecule has 0 spiro atoms. The second-order valence-corrected chi connectivity index (χ2v) is 12.6. The number of carbonyl (C=O) groups is 1. The molecule has 2 heterocycles. The van der Waals surface area contributed by atoms with Gasteiger partial charge in [0.1, 0.15) is 19.1 Å². The third-order valence-corrected chi connectivity index (χ3v) is 5.23. The van der Waals surface area contributed by atoms with Gasteiger partial charge in [0.15, 0.2) is 0 Å². The van der Waals surface area contributed by atoms with E-state index in [9.17, 15) is 4.79 Å². The largest absolute Gasteiger partial charge is 0.360 e. The molecule has 110 valence electrons. The number of nitrogens with one attached hydrogen (secondary N) is 1. The van der Waals surface area contributed by atoms with Gasteiger partial charge in [-0.15, -0.1) is 0 Å². The number of pyridine rings is 1. The van der Waals surface area contributed by atoms with Crippen molar-refractivity contribution in [3.63, 3.8) is 0 Å². The quantitative estimate of drug-likeness (QED) is 0.481. The molecule has 0 fully saturated rings. The van der Waals surface area contributed by atoms with Crippen LogP contribution in [-0.4, -0.2) is 32.7 Å². The normalized spacial score (nSPS) is 18.2. The number of ether oxygens (including phenoxy) is 1. The van der Waals surface area contributed by atoms with E-state index in [1.165, 1.54) is 0 Å². The Morgan fingerprint density at radius 2 is 2.30 bits per heavy atom. The van der Waals surface area contributed by atoms with Crippen LogP contribution in [0.15, 0.2) is 16.7 Å². The minimum absolute atomic E-state index is 0.390. The Bertz CT molecular complexity index is 493. The highest BCUT2D eigenvalue weighted by Gasteiger charge is 2.29. The molecular formula is C13H20BrN3O2Si. The van der Waals surface area contributed by atoms with Gasteiger partial charge in [0.05, 0.1) is 11.4 Å². The Balaban J connectivity index is 1.97. The fraction of sp³-hybridized carbons (Fsp3) is 0.538. The van der Waals surface area contributed by atoms with Gasteiger partial charge in [-0.25, -0.2) is 5.43 Å². The van der Waals surface area contributed by atoms with Crippen LogP contribution in [0.2, 0.25) is 25.7 Å². The summed E-state index contributed by atoms with van der Waals surface area (Å²) in [6, 6.07) is 2.68. The number of hydrazine groups is 1. The molecule has 5 nitrogen and oxygen atoms in total. The van der Waals surface area contributed by atoms with Crippen molar-refractivity contribution in [3.8, 4) is 0 Å². The van der Waals surface area contributed by atoms with E-state index < -0.39 is 14.1 Å². The molecule has 0 radical (unpaired) electrons. The number of aldehydes is 1. The zero-order valence-corrected chi connectivity index (χ0v) is 14.6. The minimum atomic E-state index is -1.07. The number of nitrogens with zero attached hydrogens (tertiary/aromatic N) is 2. The number of halogens is 1. The predicted molar refractivity (Wildman–Crippen MR) is 85.3 cm³/mol. The SMILES string of the molecule is C[Si](C)(C)CCOCN1NC(C=O)c2ncc(Br)cc21. The first-order valence-corrected chi connectivity index (χ1v) is 11.1. The highest BCUT2D eigenvalue weighted by atomic mass is 79.9. The average Bonchev–Trinajstić information content (AvgIpc) is 2.71. The molecule has 1 N–H and O–H groups in total. The number of carbonyl (C=O) groups excluding carboxylic acids is 1. The first-order valence-electron chi connectivity index (χ1n) is 6.63. The summed E-state index contributed by atoms with van der Waals surface area (Å²) in [4.78, 5) is 15.4. The van der Waals surface area contributed by atoms with Crippen molar-refractivity contribution in [1.82, 2.24) is 10.4 Å². The fourth-order valence-corrected chi connectivity index (χ4v) is 3.01. The van der Waals surface area contributed by atoms with Crippen LogP contribution >= 0.6 is 15.9 Å². The number of fused-ring (bicyclic) bond motifs is 1. The van der Waals surface area contributed by atoms with Crippen LogP contribution in [0.25, 0.3) is 0 Å². The van der Waals surface area contributed by atoms with Crippen molar-refractivity contribution in [3.05, 3.63) is 22.4 Å². The Morgan fingerprint density at radius 1 is 1.55 bits per heavy atom. The standard InChI is InChI=1S/C13H20BrN3O2Si/c1-20(2,3)5-4-19-9-17-12-6-10(14)7-15-13(12)11(8-18)16-17/h6-8,11,16H,4-5,9H2,1-3H3. The Labute approximate surface area is 128 Å². The Hall–Kier alpha value is -0.763. The van der Waals surface area contributed by atoms with Gasteiger partial charge in [-0.05, 0) is 28.0 Å². The third kappa shape index (κ3) is 3.88. The smallest absolute Gasteiger partial charge is 0.144 e. The first-order chi connectivity index (χ1) is 9.40. The average molecular weight is 358 g/mol. The maximum Gasteiger partial charge on any atom is 0.144 e. The summed E-state index contributed by atoms with van der Waals surface area (Å²) in [7, 11) is -1.07. The summed E-state index contributed by atoms with van der Waals surface area (Å²) in [5.74, 6) is 0. The molecule has 1 aliphatic heterocycles. The van der Waals surface area contributed by atoms with Crippen molar-refractivity contribution in [2.75, 3.05) is 18.3 Å². The van der Waals surface area contributed by atoms with Crippen molar-refractivity contribution in [2.45, 2.75) is 31.7 Å². The maximum absolute atomic E-state index is 11.1. The molecule has 0 saturated heterocycles. The molecule has 0 amide bonds. The number of hydrogen-bond acceptors (Lipinski definition) is 5. The molecule has 1 aromatic rings. The van der Waals surface area contributed by atoms with Gasteiger partial charge < -0.3 is 9.53 Å². The lowest BCUT2D eigenvalue weighted by atomic mass is 10.2. The molecule has 0 bridgehead atoms. The van der Waals surface area contributed by atoms with Crippen LogP contribution in [0.5, 0.6) is 0 Å². The molecule has 1 aromatic heterocycles. The topological polar surface area (TPSA) is 54.5 Å². The monoisotopic (exact) mass is 357 g/mol. The van der Waals surface area contributed by atoms with E-state index in [1.54, 1.807) is 6.20 Å². The second kappa shape index (κ2) is 6.34. The summed E-state index contributed by atoms with van der Waals surface area (Å²) in [5, 5.41) is 1.84. The number of aromatic nitrogens is 1. The van der Waals surface area contributed by atoms with E-state index in [0.717, 1.165) is 34.8 Å². The molecule has 7 heteroatoms. The molecule has 1 atom stereocenters. The van der Waals surface area contributed by atoms with Gasteiger partial charge in [-0.3, -0.25) is 9.99 Å². The number of hydrogen-bond donors (Lipinski definition) is 1. The summed E-state index contributed by atoms with van der Waals surface area (Å²) < 4.78 is 6.61. The summed E-state index contributed by atoms with van der Waals surface area (Å²) in [6.45, 7) is 8.13. The van der Waals surface area contributed by atoms with E-state index in [0.29, 0.717) is 6.73 Å². The molecule has 1 unspecified atom stereocenters. The molecule has 0 aromatic carbocycles. The predicted octanol–water partition coefficient (Wildman–Crippen LogP) is 2.72. The molecule has 1 aliphatic rings. The van der Waals surface area contributed by atoms with E-state index >= 15 is 0 Å². The van der Waals surface area contributed by atoms with E-state index in [2.05, 4.69) is 46.0 Å². The number of rotatable bonds is 6. The number of anilines is 1. The molecular weight excluding hydrogens is 338 g/mol. The van der Waals surface area contributed by atoms with Gasteiger partial charge >= 0.3 is 0 Å². The van der Waals surface area contributed by atoms with Crippen molar-refractivity contribution >= 4 is 36.0 Å². The summed E-state index contributed by atoms with van der Waals surface area (Å²) in [5.41, 5.74) is 4.74. The van der Waals surface area contributed by atoms with E-state index in [4.69, 9.17) is 4.74 Å². The zero-order chi connectivity index (χ0) is 14.8. The minimum Gasteiger partial charge on any atom is -0.360 e. The lowest BCUT2D eigenvalue weighted by Gasteiger charge is -2.21. The van der Waals surface area contributed by atoms with Crippen LogP contribution in [0.4, 0.5) is 5.69 Å². The van der Waals surface area contributed by atoms with Gasteiger partial charge in [0.2, 0.25) is 0 Å². The zero-order valence-electron chi connectivity index (χ0n) is 12.0. The maximum atomic E-state index is 11.1. The molecule has 0 aliphatic carbocycles. The van der Waals surface area contributed by atoms with Gasteiger partial charge in [0.25, 0.3) is 0 Å². The first kappa shape index (κ1) is 15.6. The van der Waals surface area contributed by atoms with Crippen LogP contribution in [0.3, 0.4) is 0 Å². The molecule has 0 saturated carbocycles. The Kier molecular flexibility index (Phi) is 4.95. The molecule has 2 rings (SSSR count). The van der Waals surface area contributed by atoms with Crippen LogP contribution in [0, 0.1) is 0 Å². The molecule has 20 heavy (non-hydrogen) atoms. The van der Waals surface area contributed by atoms with Crippen molar-refractivity contribution in [1.29, 1.82) is 0 Å². The van der Waals surface area contributed by atoms with Crippen LogP contribution < -0.4 is 10.4 Å². The van der Waals surface area contributed by atoms with E-state index in [1.807, 2.05) is 11.1 Å². The van der Waals surface area contributed by atoms with Gasteiger partial charge in [-0.2, -0.15) is 0 Å². The summed E-state index contributed by atoms with van der Waals surface area (Å²) >= 11 is 3.40. The third-order valence-electron chi connectivity index (χ3n) is 3.10. The Morgan fingerprint density at radius 3 is 2.95 bits per heavy atom. The highest BCUT2D eigenvalue weighted by Crippen LogP contribution is 2.31. The van der Waals surface area contributed by atoms with E-state index in [-0.39, 0.29) is 0 Å². The van der Waals surface area contributed by atoms with Crippen molar-refractivity contribution < 1.29 is 9.53 Å². The van der Waals surface area contributed by atoms with Gasteiger partial charge in [0, 0.05) is 25.4 Å². The van der Waals surface area contributed by atoms with Crippen LogP contribution in [-0.2, 0) is 9.53 Å². The lowest BCUT2D eigenvalue weighted by molar-refractivity contribution is -0.109. The van der Waals surface area contributed by atoms with Gasteiger partial charge in [-0.1, -0.05) is 19.6 Å². The second-order valence-electron chi connectivity index (χ2n) is 6.08. The highest BCUT2D eigenvalue weighted by molar-refractivity contribution is 9.10. The van der Waals surface area contributed by atoms with Crippen LogP contribution in [0.1, 0.15) is 11.7 Å². The fourth-order valence-electron chi connectivity index (χ4n) is 1.93. The van der Waals surface area contributed by atoms with Crippen molar-refractivity contribution in [2.24, 2.45) is 0 Å². The summed E-state index contributed by atoms with van der Waals surface area (Å²) in [6.07, 6.45) is 2.56.